The van der Waals surface area contributed by atoms with Gasteiger partial charge < -0.3 is 5.32 Å². The molecule has 0 fully saturated rings. The molecule has 0 atom stereocenters. The number of nitrogens with one attached hydrogen (secondary N) is 1. The number of hydrogen-bond acceptors (Lipinski definition) is 1. The van der Waals surface area contributed by atoms with Crippen LogP contribution in [0, 0.1) is 0 Å². The molecule has 0 unspecified atom stereocenters. The minimum atomic E-state index is 0.906. The van der Waals surface area contributed by atoms with Crippen LogP contribution in [0.15, 0.2) is 66.9 Å². The van der Waals surface area contributed by atoms with E-state index < -0.39 is 0 Å². The maximum absolute atomic E-state index is 3.76. The molecule has 2 aromatic carbocycles. The second kappa shape index (κ2) is 6.63. The van der Waals surface area contributed by atoms with Crippen LogP contribution in [0.3, 0.4) is 0 Å². The van der Waals surface area contributed by atoms with Gasteiger partial charge in [-0.15, -0.1) is 5.73 Å². The van der Waals surface area contributed by atoms with Crippen molar-refractivity contribution in [1.29, 1.82) is 0 Å². The van der Waals surface area contributed by atoms with Crippen LogP contribution in [0.25, 0.3) is 5.70 Å². The summed E-state index contributed by atoms with van der Waals surface area (Å²) in [6.45, 7) is 5.95. The van der Waals surface area contributed by atoms with Crippen molar-refractivity contribution in [2.75, 3.05) is 5.32 Å². The van der Waals surface area contributed by atoms with Gasteiger partial charge in [-0.05, 0) is 24.1 Å². The largest absolute Gasteiger partial charge is 0.349 e. The molecule has 0 bridgehead atoms. The van der Waals surface area contributed by atoms with Crippen molar-refractivity contribution in [2.45, 2.75) is 19.8 Å². The zero-order valence-corrected chi connectivity index (χ0v) is 11.3. The predicted octanol–water partition coefficient (Wildman–Crippen LogP) is 4.88. The molecule has 0 aliphatic rings. The van der Waals surface area contributed by atoms with Gasteiger partial charge in [0.25, 0.3) is 0 Å². The zero-order chi connectivity index (χ0) is 13.5. The van der Waals surface area contributed by atoms with Crippen molar-refractivity contribution in [2.24, 2.45) is 0 Å². The SMILES string of the molecule is C=C=C(Nc1ccc(CCC)cc1)c1ccccc1. The van der Waals surface area contributed by atoms with E-state index in [1.807, 2.05) is 30.3 Å². The van der Waals surface area contributed by atoms with Gasteiger partial charge in [0.15, 0.2) is 0 Å². The molecule has 2 aromatic rings. The van der Waals surface area contributed by atoms with E-state index in [-0.39, 0.29) is 0 Å². The molecule has 96 valence electrons. The lowest BCUT2D eigenvalue weighted by Gasteiger charge is -2.09. The Morgan fingerprint density at radius 3 is 2.32 bits per heavy atom. The van der Waals surface area contributed by atoms with Gasteiger partial charge in [0.05, 0.1) is 5.70 Å². The molecule has 0 aliphatic heterocycles. The Balaban J connectivity index is 2.13. The van der Waals surface area contributed by atoms with Crippen molar-refractivity contribution >= 4 is 11.4 Å². The summed E-state index contributed by atoms with van der Waals surface area (Å²) in [6.07, 6.45) is 2.30. The fourth-order valence-electron chi connectivity index (χ4n) is 2.01. The highest BCUT2D eigenvalue weighted by Crippen LogP contribution is 2.18. The van der Waals surface area contributed by atoms with Crippen LogP contribution in [0.1, 0.15) is 24.5 Å². The second-order valence-electron chi connectivity index (χ2n) is 4.49. The summed E-state index contributed by atoms with van der Waals surface area (Å²) in [5, 5.41) is 3.36. The monoisotopic (exact) mass is 249 g/mol. The first-order valence-corrected chi connectivity index (χ1v) is 6.65. The quantitative estimate of drug-likeness (QED) is 0.745. The number of rotatable bonds is 5. The van der Waals surface area contributed by atoms with E-state index >= 15 is 0 Å². The molecule has 0 aliphatic carbocycles. The van der Waals surface area contributed by atoms with E-state index in [9.17, 15) is 0 Å². The van der Waals surface area contributed by atoms with Gasteiger partial charge in [0.1, 0.15) is 0 Å². The van der Waals surface area contributed by atoms with Crippen LogP contribution >= 0.6 is 0 Å². The van der Waals surface area contributed by atoms with Gasteiger partial charge in [0, 0.05) is 11.3 Å². The van der Waals surface area contributed by atoms with Crippen molar-refractivity contribution in [1.82, 2.24) is 0 Å². The van der Waals surface area contributed by atoms with Crippen molar-refractivity contribution < 1.29 is 0 Å². The summed E-state index contributed by atoms with van der Waals surface area (Å²) in [5.41, 5.74) is 7.40. The van der Waals surface area contributed by atoms with Gasteiger partial charge in [-0.2, -0.15) is 0 Å². The first kappa shape index (κ1) is 13.2. The fraction of sp³-hybridized carbons (Fsp3) is 0.167. The minimum Gasteiger partial charge on any atom is -0.349 e. The molecule has 0 heterocycles. The van der Waals surface area contributed by atoms with Crippen LogP contribution in [0.4, 0.5) is 5.69 Å². The molecule has 0 saturated heterocycles. The highest BCUT2D eigenvalue weighted by atomic mass is 14.9. The number of hydrogen-bond donors (Lipinski definition) is 1. The molecule has 2 rings (SSSR count). The van der Waals surface area contributed by atoms with Gasteiger partial charge >= 0.3 is 0 Å². The third-order valence-corrected chi connectivity index (χ3v) is 3.00. The van der Waals surface area contributed by atoms with E-state index in [1.165, 1.54) is 12.0 Å². The summed E-state index contributed by atoms with van der Waals surface area (Å²) < 4.78 is 0. The molecular formula is C18H19N. The Morgan fingerprint density at radius 2 is 1.74 bits per heavy atom. The van der Waals surface area contributed by atoms with Crippen molar-refractivity contribution in [3.63, 3.8) is 0 Å². The summed E-state index contributed by atoms with van der Waals surface area (Å²) >= 11 is 0. The Morgan fingerprint density at radius 1 is 1.05 bits per heavy atom. The minimum absolute atomic E-state index is 0.906. The third kappa shape index (κ3) is 3.61. The van der Waals surface area contributed by atoms with Crippen LogP contribution in [0.2, 0.25) is 0 Å². The molecule has 0 aromatic heterocycles. The third-order valence-electron chi connectivity index (χ3n) is 3.00. The zero-order valence-electron chi connectivity index (χ0n) is 11.3. The average Bonchev–Trinajstić information content (AvgIpc) is 2.48. The molecule has 1 nitrogen and oxygen atoms in total. The molecule has 0 saturated carbocycles. The van der Waals surface area contributed by atoms with Gasteiger partial charge in [-0.1, -0.05) is 62.4 Å². The topological polar surface area (TPSA) is 12.0 Å². The maximum atomic E-state index is 3.76. The molecule has 19 heavy (non-hydrogen) atoms. The summed E-state index contributed by atoms with van der Waals surface area (Å²) in [7, 11) is 0. The van der Waals surface area contributed by atoms with Crippen LogP contribution in [-0.2, 0) is 6.42 Å². The summed E-state index contributed by atoms with van der Waals surface area (Å²) in [5.74, 6) is 0. The smallest absolute Gasteiger partial charge is 0.0885 e. The summed E-state index contributed by atoms with van der Waals surface area (Å²) in [6, 6.07) is 18.7. The van der Waals surface area contributed by atoms with E-state index in [0.29, 0.717) is 0 Å². The molecule has 0 spiro atoms. The lowest BCUT2D eigenvalue weighted by Crippen LogP contribution is -1.97. The Hall–Kier alpha value is -2.24. The van der Waals surface area contributed by atoms with Gasteiger partial charge in [0.2, 0.25) is 0 Å². The maximum Gasteiger partial charge on any atom is 0.0885 e. The molecule has 0 amide bonds. The summed E-state index contributed by atoms with van der Waals surface area (Å²) in [4.78, 5) is 0. The van der Waals surface area contributed by atoms with E-state index in [1.54, 1.807) is 0 Å². The van der Waals surface area contributed by atoms with Crippen LogP contribution < -0.4 is 5.32 Å². The van der Waals surface area contributed by atoms with Gasteiger partial charge in [-0.25, -0.2) is 0 Å². The van der Waals surface area contributed by atoms with E-state index in [0.717, 1.165) is 23.4 Å². The van der Waals surface area contributed by atoms with Crippen LogP contribution in [0.5, 0.6) is 0 Å². The number of anilines is 1. The van der Waals surface area contributed by atoms with E-state index in [4.69, 9.17) is 0 Å². The number of benzene rings is 2. The van der Waals surface area contributed by atoms with E-state index in [2.05, 4.69) is 48.8 Å². The number of aryl methyl sites for hydroxylation is 1. The predicted molar refractivity (Wildman–Crippen MR) is 83.0 cm³/mol. The van der Waals surface area contributed by atoms with Crippen LogP contribution in [-0.4, -0.2) is 0 Å². The second-order valence-corrected chi connectivity index (χ2v) is 4.49. The molecular weight excluding hydrogens is 230 g/mol. The lowest BCUT2D eigenvalue weighted by atomic mass is 10.1. The normalized spacial score (nSPS) is 9.74. The highest BCUT2D eigenvalue weighted by molar-refractivity contribution is 5.76. The molecule has 1 N–H and O–H groups in total. The van der Waals surface area contributed by atoms with Gasteiger partial charge in [-0.3, -0.25) is 0 Å². The van der Waals surface area contributed by atoms with Crippen molar-refractivity contribution in [3.05, 3.63) is 78.0 Å². The molecule has 0 radical (unpaired) electrons. The first-order valence-electron chi connectivity index (χ1n) is 6.65. The highest BCUT2D eigenvalue weighted by Gasteiger charge is 2.00. The standard InChI is InChI=1S/C18H19N/c1-3-8-15-11-13-17(14-12-15)19-18(4-2)16-9-6-5-7-10-16/h5-7,9-14,19H,2-3,8H2,1H3. The Kier molecular flexibility index (Phi) is 4.60. The first-order chi connectivity index (χ1) is 9.33. The Bertz CT molecular complexity index is 560. The fourth-order valence-corrected chi connectivity index (χ4v) is 2.01. The lowest BCUT2D eigenvalue weighted by molar-refractivity contribution is 0.922. The van der Waals surface area contributed by atoms with Crippen molar-refractivity contribution in [3.8, 4) is 0 Å². The molecule has 1 heteroatoms. The average molecular weight is 249 g/mol. The Labute approximate surface area is 115 Å².